The average Bonchev–Trinajstić information content (AvgIpc) is 2.63. The summed E-state index contributed by atoms with van der Waals surface area (Å²) in [6.45, 7) is 4.21. The number of ether oxygens (including phenoxy) is 1. The SMILES string of the molecule is CCC1(CC)C[C@H](NC(=O)Cc2ccccc2F)c2ccccc2O1. The number of carbonyl (C=O) groups excluding carboxylic acids is 1. The largest absolute Gasteiger partial charge is 0.487 e. The Labute approximate surface area is 148 Å². The van der Waals surface area contributed by atoms with E-state index in [2.05, 4.69) is 19.2 Å². The van der Waals surface area contributed by atoms with E-state index in [0.717, 1.165) is 30.6 Å². The van der Waals surface area contributed by atoms with Gasteiger partial charge in [-0.05, 0) is 30.5 Å². The van der Waals surface area contributed by atoms with Crippen LogP contribution in [0.5, 0.6) is 5.75 Å². The standard InChI is InChI=1S/C21H24FNO2/c1-3-21(4-2)14-18(16-10-6-8-12-19(16)25-21)23-20(24)13-15-9-5-7-11-17(15)22/h5-12,18H,3-4,13-14H2,1-2H3,(H,23,24)/t18-/m0/s1. The van der Waals surface area contributed by atoms with E-state index in [9.17, 15) is 9.18 Å². The number of hydrogen-bond donors (Lipinski definition) is 1. The first-order valence-electron chi connectivity index (χ1n) is 8.87. The quantitative estimate of drug-likeness (QED) is 0.865. The normalized spacial score (nSPS) is 18.1. The van der Waals surface area contributed by atoms with Crippen molar-refractivity contribution in [1.29, 1.82) is 0 Å². The molecule has 0 fully saturated rings. The van der Waals surface area contributed by atoms with Gasteiger partial charge in [-0.1, -0.05) is 50.2 Å². The van der Waals surface area contributed by atoms with Crippen LogP contribution in [0.1, 0.15) is 50.3 Å². The Bertz CT molecular complexity index is 755. The van der Waals surface area contributed by atoms with Crippen molar-refractivity contribution in [3.05, 3.63) is 65.5 Å². The van der Waals surface area contributed by atoms with Crippen LogP contribution in [0.2, 0.25) is 0 Å². The van der Waals surface area contributed by atoms with Crippen molar-refractivity contribution < 1.29 is 13.9 Å². The maximum Gasteiger partial charge on any atom is 0.225 e. The van der Waals surface area contributed by atoms with Gasteiger partial charge in [-0.25, -0.2) is 4.39 Å². The van der Waals surface area contributed by atoms with Crippen LogP contribution in [0.25, 0.3) is 0 Å². The van der Waals surface area contributed by atoms with Gasteiger partial charge in [0.25, 0.3) is 0 Å². The molecule has 1 atom stereocenters. The first kappa shape index (κ1) is 17.5. The van der Waals surface area contributed by atoms with Gasteiger partial charge in [-0.2, -0.15) is 0 Å². The highest BCUT2D eigenvalue weighted by Gasteiger charge is 2.38. The van der Waals surface area contributed by atoms with Crippen molar-refractivity contribution in [3.63, 3.8) is 0 Å². The van der Waals surface area contributed by atoms with Gasteiger partial charge in [-0.15, -0.1) is 0 Å². The zero-order valence-electron chi connectivity index (χ0n) is 14.7. The van der Waals surface area contributed by atoms with Crippen LogP contribution < -0.4 is 10.1 Å². The highest BCUT2D eigenvalue weighted by Crippen LogP contribution is 2.42. The Morgan fingerprint density at radius 3 is 2.56 bits per heavy atom. The molecule has 3 nitrogen and oxygen atoms in total. The minimum Gasteiger partial charge on any atom is -0.487 e. The molecule has 0 saturated carbocycles. The minimum atomic E-state index is -0.346. The fourth-order valence-electron chi connectivity index (χ4n) is 3.49. The van der Waals surface area contributed by atoms with Crippen LogP contribution in [-0.4, -0.2) is 11.5 Å². The van der Waals surface area contributed by atoms with Crippen molar-refractivity contribution in [3.8, 4) is 5.75 Å². The number of fused-ring (bicyclic) bond motifs is 1. The first-order valence-corrected chi connectivity index (χ1v) is 8.87. The molecule has 1 heterocycles. The van der Waals surface area contributed by atoms with E-state index in [-0.39, 0.29) is 29.8 Å². The van der Waals surface area contributed by atoms with Gasteiger partial charge in [0.1, 0.15) is 17.2 Å². The number of hydrogen-bond acceptors (Lipinski definition) is 2. The molecule has 2 aromatic carbocycles. The van der Waals surface area contributed by atoms with Crippen molar-refractivity contribution in [2.24, 2.45) is 0 Å². The number of halogens is 1. The summed E-state index contributed by atoms with van der Waals surface area (Å²) >= 11 is 0. The van der Waals surface area contributed by atoms with E-state index in [0.29, 0.717) is 5.56 Å². The van der Waals surface area contributed by atoms with Gasteiger partial charge < -0.3 is 10.1 Å². The van der Waals surface area contributed by atoms with Crippen LogP contribution in [-0.2, 0) is 11.2 Å². The molecule has 2 aromatic rings. The summed E-state index contributed by atoms with van der Waals surface area (Å²) in [5, 5.41) is 3.09. The second-order valence-corrected chi connectivity index (χ2v) is 6.62. The van der Waals surface area contributed by atoms with Crippen molar-refractivity contribution >= 4 is 5.91 Å². The lowest BCUT2D eigenvalue weighted by atomic mass is 9.83. The van der Waals surface area contributed by atoms with Crippen LogP contribution in [0.15, 0.2) is 48.5 Å². The fourth-order valence-corrected chi connectivity index (χ4v) is 3.49. The Morgan fingerprint density at radius 2 is 1.84 bits per heavy atom. The molecular formula is C21H24FNO2. The third kappa shape index (κ3) is 3.68. The van der Waals surface area contributed by atoms with Crippen molar-refractivity contribution in [2.75, 3.05) is 0 Å². The Morgan fingerprint density at radius 1 is 1.16 bits per heavy atom. The zero-order chi connectivity index (χ0) is 17.9. The monoisotopic (exact) mass is 341 g/mol. The van der Waals surface area contributed by atoms with Gasteiger partial charge in [0.2, 0.25) is 5.91 Å². The predicted octanol–water partition coefficient (Wildman–Crippen LogP) is 4.57. The van der Waals surface area contributed by atoms with Gasteiger partial charge >= 0.3 is 0 Å². The summed E-state index contributed by atoms with van der Waals surface area (Å²) in [5.74, 6) is 0.308. The highest BCUT2D eigenvalue weighted by atomic mass is 19.1. The van der Waals surface area contributed by atoms with Crippen LogP contribution in [0.3, 0.4) is 0 Å². The van der Waals surface area contributed by atoms with Gasteiger partial charge in [0.15, 0.2) is 0 Å². The molecule has 1 aliphatic heterocycles. The van der Waals surface area contributed by atoms with E-state index in [1.54, 1.807) is 18.2 Å². The number of para-hydroxylation sites is 1. The smallest absolute Gasteiger partial charge is 0.225 e. The van der Waals surface area contributed by atoms with Crippen molar-refractivity contribution in [1.82, 2.24) is 5.32 Å². The molecular weight excluding hydrogens is 317 g/mol. The summed E-state index contributed by atoms with van der Waals surface area (Å²) in [4.78, 5) is 12.5. The summed E-state index contributed by atoms with van der Waals surface area (Å²) in [6, 6.07) is 14.1. The van der Waals surface area contributed by atoms with E-state index < -0.39 is 0 Å². The Hall–Kier alpha value is -2.36. The molecule has 4 heteroatoms. The molecule has 0 saturated heterocycles. The van der Waals surface area contributed by atoms with Crippen LogP contribution in [0.4, 0.5) is 4.39 Å². The van der Waals surface area contributed by atoms with E-state index in [1.165, 1.54) is 6.07 Å². The number of benzene rings is 2. The molecule has 25 heavy (non-hydrogen) atoms. The molecule has 0 spiro atoms. The topological polar surface area (TPSA) is 38.3 Å². The maximum absolute atomic E-state index is 13.8. The number of rotatable bonds is 5. The lowest BCUT2D eigenvalue weighted by molar-refractivity contribution is -0.121. The molecule has 0 aromatic heterocycles. The molecule has 132 valence electrons. The molecule has 1 amide bonds. The number of nitrogens with one attached hydrogen (secondary N) is 1. The van der Waals surface area contributed by atoms with Gasteiger partial charge in [0.05, 0.1) is 12.5 Å². The molecule has 1 aliphatic rings. The average molecular weight is 341 g/mol. The van der Waals surface area contributed by atoms with E-state index >= 15 is 0 Å². The van der Waals surface area contributed by atoms with E-state index in [4.69, 9.17) is 4.74 Å². The first-order chi connectivity index (χ1) is 12.1. The minimum absolute atomic E-state index is 0.0391. The number of amides is 1. The summed E-state index contributed by atoms with van der Waals surface area (Å²) in [6.07, 6.45) is 2.51. The van der Waals surface area contributed by atoms with Crippen molar-refractivity contribution in [2.45, 2.75) is 51.2 Å². The second-order valence-electron chi connectivity index (χ2n) is 6.62. The second kappa shape index (κ2) is 7.26. The molecule has 3 rings (SSSR count). The molecule has 0 radical (unpaired) electrons. The summed E-state index contributed by atoms with van der Waals surface area (Å²) < 4.78 is 20.1. The van der Waals surface area contributed by atoms with E-state index in [1.807, 2.05) is 24.3 Å². The molecule has 0 bridgehead atoms. The van der Waals surface area contributed by atoms with Gasteiger partial charge in [-0.3, -0.25) is 4.79 Å². The summed E-state index contributed by atoms with van der Waals surface area (Å²) in [5.41, 5.74) is 1.13. The predicted molar refractivity (Wildman–Crippen MR) is 96.0 cm³/mol. The Balaban J connectivity index is 1.81. The number of carbonyl (C=O) groups is 1. The lowest BCUT2D eigenvalue weighted by Gasteiger charge is -2.41. The summed E-state index contributed by atoms with van der Waals surface area (Å²) in [7, 11) is 0. The van der Waals surface area contributed by atoms with Crippen LogP contribution >= 0.6 is 0 Å². The molecule has 0 aliphatic carbocycles. The maximum atomic E-state index is 13.8. The molecule has 1 N–H and O–H groups in total. The molecule has 0 unspecified atom stereocenters. The third-order valence-corrected chi connectivity index (χ3v) is 5.13. The highest BCUT2D eigenvalue weighted by molar-refractivity contribution is 5.79. The third-order valence-electron chi connectivity index (χ3n) is 5.13. The fraction of sp³-hybridized carbons (Fsp3) is 0.381. The van der Waals surface area contributed by atoms with Crippen LogP contribution in [0, 0.1) is 5.82 Å². The lowest BCUT2D eigenvalue weighted by Crippen LogP contribution is -2.44. The van der Waals surface area contributed by atoms with Gasteiger partial charge in [0, 0.05) is 12.0 Å². The zero-order valence-corrected chi connectivity index (χ0v) is 14.7. The Kier molecular flexibility index (Phi) is 5.07.